The summed E-state index contributed by atoms with van der Waals surface area (Å²) in [6.45, 7) is 7.34. The quantitative estimate of drug-likeness (QED) is 0.643. The molecule has 0 atom stereocenters. The average molecular weight is 283 g/mol. The van der Waals surface area contributed by atoms with Crippen molar-refractivity contribution < 1.29 is 14.3 Å². The van der Waals surface area contributed by atoms with E-state index in [1.165, 1.54) is 12.8 Å². The molecule has 0 aromatic rings. The molecule has 20 heavy (non-hydrogen) atoms. The standard InChI is InChI=1S/C16H29NO3/c1-4-20-16(19)10-9-15(18)17(12-11-13(2)3)14-7-5-6-8-14/h13-14H,4-12H2,1-3H3. The number of carbonyl (C=O) groups is 2. The zero-order valence-electron chi connectivity index (χ0n) is 13.2. The van der Waals surface area contributed by atoms with Crippen molar-refractivity contribution >= 4 is 11.9 Å². The van der Waals surface area contributed by atoms with Gasteiger partial charge in [-0.05, 0) is 32.1 Å². The molecule has 0 heterocycles. The molecule has 0 aromatic heterocycles. The van der Waals surface area contributed by atoms with Gasteiger partial charge in [-0.15, -0.1) is 0 Å². The van der Waals surface area contributed by atoms with Gasteiger partial charge in [0.15, 0.2) is 0 Å². The highest BCUT2D eigenvalue weighted by Gasteiger charge is 2.26. The molecule has 116 valence electrons. The maximum absolute atomic E-state index is 12.4. The number of ether oxygens (including phenoxy) is 1. The largest absolute Gasteiger partial charge is 0.466 e. The lowest BCUT2D eigenvalue weighted by Gasteiger charge is -2.29. The van der Waals surface area contributed by atoms with Crippen LogP contribution in [-0.2, 0) is 14.3 Å². The van der Waals surface area contributed by atoms with Gasteiger partial charge in [-0.1, -0.05) is 26.7 Å². The van der Waals surface area contributed by atoms with Gasteiger partial charge < -0.3 is 9.64 Å². The first-order valence-corrected chi connectivity index (χ1v) is 7.99. The van der Waals surface area contributed by atoms with Crippen LogP contribution in [0, 0.1) is 5.92 Å². The molecular formula is C16H29NO3. The van der Waals surface area contributed by atoms with Crippen LogP contribution in [0.1, 0.15) is 65.7 Å². The van der Waals surface area contributed by atoms with Crippen LogP contribution >= 0.6 is 0 Å². The number of carbonyl (C=O) groups excluding carboxylic acids is 2. The van der Waals surface area contributed by atoms with E-state index >= 15 is 0 Å². The van der Waals surface area contributed by atoms with Gasteiger partial charge in [0.2, 0.25) is 5.91 Å². The van der Waals surface area contributed by atoms with Crippen LogP contribution in [0.4, 0.5) is 0 Å². The van der Waals surface area contributed by atoms with Gasteiger partial charge in [-0.2, -0.15) is 0 Å². The normalized spacial score (nSPS) is 15.6. The van der Waals surface area contributed by atoms with Gasteiger partial charge in [0.1, 0.15) is 0 Å². The van der Waals surface area contributed by atoms with Crippen molar-refractivity contribution in [3.8, 4) is 0 Å². The lowest BCUT2D eigenvalue weighted by molar-refractivity contribution is -0.146. The lowest BCUT2D eigenvalue weighted by atomic mass is 10.1. The van der Waals surface area contributed by atoms with E-state index in [9.17, 15) is 9.59 Å². The summed E-state index contributed by atoms with van der Waals surface area (Å²) in [7, 11) is 0. The Balaban J connectivity index is 2.48. The predicted octanol–water partition coefficient (Wildman–Crippen LogP) is 3.15. The Morgan fingerprint density at radius 3 is 2.40 bits per heavy atom. The molecule has 1 fully saturated rings. The molecule has 0 unspecified atom stereocenters. The minimum absolute atomic E-state index is 0.116. The fraction of sp³-hybridized carbons (Fsp3) is 0.875. The Morgan fingerprint density at radius 2 is 1.85 bits per heavy atom. The first kappa shape index (κ1) is 17.0. The smallest absolute Gasteiger partial charge is 0.306 e. The van der Waals surface area contributed by atoms with E-state index in [4.69, 9.17) is 4.74 Å². The molecule has 0 N–H and O–H groups in total. The molecule has 1 aliphatic carbocycles. The number of esters is 1. The van der Waals surface area contributed by atoms with Gasteiger partial charge >= 0.3 is 5.97 Å². The van der Waals surface area contributed by atoms with E-state index in [2.05, 4.69) is 13.8 Å². The van der Waals surface area contributed by atoms with Crippen molar-refractivity contribution in [2.45, 2.75) is 71.8 Å². The van der Waals surface area contributed by atoms with E-state index in [0.717, 1.165) is 25.8 Å². The van der Waals surface area contributed by atoms with Crippen molar-refractivity contribution in [1.29, 1.82) is 0 Å². The molecule has 4 heteroatoms. The molecule has 0 spiro atoms. The molecule has 0 aromatic carbocycles. The molecule has 1 saturated carbocycles. The molecule has 1 aliphatic rings. The molecule has 1 amide bonds. The van der Waals surface area contributed by atoms with Crippen molar-refractivity contribution in [1.82, 2.24) is 4.90 Å². The minimum Gasteiger partial charge on any atom is -0.466 e. The van der Waals surface area contributed by atoms with Crippen LogP contribution in [0.15, 0.2) is 0 Å². The minimum atomic E-state index is -0.268. The van der Waals surface area contributed by atoms with Crippen LogP contribution in [0.25, 0.3) is 0 Å². The van der Waals surface area contributed by atoms with Crippen LogP contribution < -0.4 is 0 Å². The summed E-state index contributed by atoms with van der Waals surface area (Å²) >= 11 is 0. The number of hydrogen-bond acceptors (Lipinski definition) is 3. The summed E-state index contributed by atoms with van der Waals surface area (Å²) in [6, 6.07) is 0.392. The van der Waals surface area contributed by atoms with Gasteiger partial charge in [-0.25, -0.2) is 0 Å². The van der Waals surface area contributed by atoms with Gasteiger partial charge in [0, 0.05) is 19.0 Å². The first-order valence-electron chi connectivity index (χ1n) is 7.99. The summed E-state index contributed by atoms with van der Waals surface area (Å²) in [5.74, 6) is 0.443. The molecule has 1 rings (SSSR count). The molecule has 4 nitrogen and oxygen atoms in total. The van der Waals surface area contributed by atoms with E-state index in [1.54, 1.807) is 6.92 Å². The highest BCUT2D eigenvalue weighted by atomic mass is 16.5. The number of rotatable bonds is 8. The molecule has 0 aliphatic heterocycles. The fourth-order valence-corrected chi connectivity index (χ4v) is 2.71. The van der Waals surface area contributed by atoms with E-state index in [1.807, 2.05) is 4.90 Å². The highest BCUT2D eigenvalue weighted by molar-refractivity contribution is 5.81. The van der Waals surface area contributed by atoms with E-state index in [-0.39, 0.29) is 24.7 Å². The third-order valence-electron chi connectivity index (χ3n) is 3.88. The zero-order chi connectivity index (χ0) is 15.0. The third kappa shape index (κ3) is 5.93. The molecular weight excluding hydrogens is 254 g/mol. The van der Waals surface area contributed by atoms with E-state index < -0.39 is 0 Å². The second-order valence-corrected chi connectivity index (χ2v) is 6.01. The van der Waals surface area contributed by atoms with Gasteiger partial charge in [0.25, 0.3) is 0 Å². The zero-order valence-corrected chi connectivity index (χ0v) is 13.2. The van der Waals surface area contributed by atoms with Gasteiger partial charge in [0.05, 0.1) is 13.0 Å². The number of amides is 1. The maximum Gasteiger partial charge on any atom is 0.306 e. The van der Waals surface area contributed by atoms with Crippen molar-refractivity contribution in [3.05, 3.63) is 0 Å². The lowest BCUT2D eigenvalue weighted by Crippen LogP contribution is -2.40. The number of nitrogens with zero attached hydrogens (tertiary/aromatic N) is 1. The topological polar surface area (TPSA) is 46.6 Å². The van der Waals surface area contributed by atoms with Crippen LogP contribution in [0.5, 0.6) is 0 Å². The first-order chi connectivity index (χ1) is 9.54. The summed E-state index contributed by atoms with van der Waals surface area (Å²) in [5, 5.41) is 0. The van der Waals surface area contributed by atoms with Crippen molar-refractivity contribution in [3.63, 3.8) is 0 Å². The summed E-state index contributed by atoms with van der Waals surface area (Å²) in [6.07, 6.45) is 6.18. The second-order valence-electron chi connectivity index (χ2n) is 6.01. The highest BCUT2D eigenvalue weighted by Crippen LogP contribution is 2.25. The Bertz CT molecular complexity index is 309. The maximum atomic E-state index is 12.4. The summed E-state index contributed by atoms with van der Waals surface area (Å²) < 4.78 is 4.89. The molecule has 0 bridgehead atoms. The summed E-state index contributed by atoms with van der Waals surface area (Å²) in [5.41, 5.74) is 0. The van der Waals surface area contributed by atoms with Crippen LogP contribution in [-0.4, -0.2) is 36.0 Å². The Hall–Kier alpha value is -1.06. The number of hydrogen-bond donors (Lipinski definition) is 0. The Kier molecular flexibility index (Phi) is 7.63. The summed E-state index contributed by atoms with van der Waals surface area (Å²) in [4.78, 5) is 25.8. The molecule has 0 radical (unpaired) electrons. The van der Waals surface area contributed by atoms with Crippen LogP contribution in [0.3, 0.4) is 0 Å². The van der Waals surface area contributed by atoms with Gasteiger partial charge in [-0.3, -0.25) is 9.59 Å². The van der Waals surface area contributed by atoms with Crippen molar-refractivity contribution in [2.75, 3.05) is 13.2 Å². The second kappa shape index (κ2) is 8.98. The van der Waals surface area contributed by atoms with Crippen LogP contribution in [0.2, 0.25) is 0 Å². The molecule has 0 saturated heterocycles. The monoisotopic (exact) mass is 283 g/mol. The van der Waals surface area contributed by atoms with E-state index in [0.29, 0.717) is 18.6 Å². The van der Waals surface area contributed by atoms with Crippen molar-refractivity contribution in [2.24, 2.45) is 5.92 Å². The SMILES string of the molecule is CCOC(=O)CCC(=O)N(CCC(C)C)C1CCCC1. The average Bonchev–Trinajstić information content (AvgIpc) is 2.90. The Morgan fingerprint density at radius 1 is 1.20 bits per heavy atom. The fourth-order valence-electron chi connectivity index (χ4n) is 2.71. The third-order valence-corrected chi connectivity index (χ3v) is 3.88. The predicted molar refractivity (Wildman–Crippen MR) is 79.3 cm³/mol. The Labute approximate surface area is 122 Å².